The Bertz CT molecular complexity index is 735. The maximum Gasteiger partial charge on any atom is 0.333 e. The van der Waals surface area contributed by atoms with Gasteiger partial charge in [-0.1, -0.05) is 33.8 Å². The Balaban J connectivity index is 2.07. The third kappa shape index (κ3) is 7.57. The molecule has 2 aliphatic rings. The van der Waals surface area contributed by atoms with Crippen molar-refractivity contribution in [3.05, 3.63) is 12.2 Å². The fraction of sp³-hybridized carbons (Fsp3) is 0.760. The molecule has 1 aliphatic carbocycles. The first-order valence-corrected chi connectivity index (χ1v) is 12.0. The van der Waals surface area contributed by atoms with Crippen molar-refractivity contribution in [3.8, 4) is 0 Å². The average Bonchev–Trinajstić information content (AvgIpc) is 3.16. The molecule has 3 unspecified atom stereocenters. The van der Waals surface area contributed by atoms with Crippen LogP contribution in [0.3, 0.4) is 0 Å². The number of hydrogen-bond acceptors (Lipinski definition) is 8. The monoisotopic (exact) mass is 466 g/mol. The van der Waals surface area contributed by atoms with Crippen molar-refractivity contribution in [1.82, 2.24) is 0 Å². The average molecular weight is 467 g/mol. The molecule has 0 aromatic rings. The highest BCUT2D eigenvalue weighted by Gasteiger charge is 2.44. The third-order valence-electron chi connectivity index (χ3n) is 6.51. The summed E-state index contributed by atoms with van der Waals surface area (Å²) in [6.45, 7) is 10.9. The van der Waals surface area contributed by atoms with Crippen LogP contribution >= 0.6 is 0 Å². The zero-order chi connectivity index (χ0) is 24.6. The summed E-state index contributed by atoms with van der Waals surface area (Å²) < 4.78 is 22.1. The Morgan fingerprint density at radius 3 is 2.45 bits per heavy atom. The molecule has 0 N–H and O–H groups in total. The zero-order valence-electron chi connectivity index (χ0n) is 20.4. The fourth-order valence-corrected chi connectivity index (χ4v) is 4.47. The molecule has 0 aromatic carbocycles. The molecule has 0 amide bonds. The van der Waals surface area contributed by atoms with E-state index in [1.165, 1.54) is 6.92 Å². The van der Waals surface area contributed by atoms with Crippen molar-refractivity contribution in [3.63, 3.8) is 0 Å². The van der Waals surface area contributed by atoms with E-state index in [0.29, 0.717) is 12.8 Å². The maximum atomic E-state index is 13.1. The highest BCUT2D eigenvalue weighted by atomic mass is 16.6. The Morgan fingerprint density at radius 2 is 1.88 bits per heavy atom. The van der Waals surface area contributed by atoms with E-state index < -0.39 is 47.6 Å². The molecule has 8 nitrogen and oxygen atoms in total. The first-order valence-electron chi connectivity index (χ1n) is 12.0. The molecule has 2 fully saturated rings. The Labute approximate surface area is 196 Å². The van der Waals surface area contributed by atoms with E-state index in [2.05, 4.69) is 6.58 Å². The van der Waals surface area contributed by atoms with Gasteiger partial charge in [-0.25, -0.2) is 4.79 Å². The van der Waals surface area contributed by atoms with Crippen molar-refractivity contribution in [2.45, 2.75) is 103 Å². The second-order valence-corrected chi connectivity index (χ2v) is 9.50. The summed E-state index contributed by atoms with van der Waals surface area (Å²) in [4.78, 5) is 49.5. The molecule has 0 bridgehead atoms. The molecule has 8 heteroatoms. The summed E-state index contributed by atoms with van der Waals surface area (Å²) >= 11 is 0. The standard InChI is InChI=1S/C25H38O8/c1-6-9-19-20(32-21(26)10-13-30-23(28)16(2)3)14-18(15-22(27)31-19)24(29)33-25(17(4)5)11-7-8-12-25/h17-20H,2,6-15H2,1,3-5H3. The highest BCUT2D eigenvalue weighted by molar-refractivity contribution is 5.87. The highest BCUT2D eigenvalue weighted by Crippen LogP contribution is 2.40. The summed E-state index contributed by atoms with van der Waals surface area (Å²) in [6, 6.07) is 0. The minimum Gasteiger partial charge on any atom is -0.462 e. The molecule has 2 rings (SSSR count). The van der Waals surface area contributed by atoms with E-state index in [1.807, 2.05) is 20.8 Å². The van der Waals surface area contributed by atoms with Crippen LogP contribution in [0.5, 0.6) is 0 Å². The van der Waals surface area contributed by atoms with Crippen LogP contribution in [-0.2, 0) is 38.1 Å². The molecule has 3 atom stereocenters. The van der Waals surface area contributed by atoms with Crippen molar-refractivity contribution in [2.24, 2.45) is 11.8 Å². The van der Waals surface area contributed by atoms with Gasteiger partial charge in [0.25, 0.3) is 0 Å². The summed E-state index contributed by atoms with van der Waals surface area (Å²) in [5.74, 6) is -2.66. The Morgan fingerprint density at radius 1 is 1.21 bits per heavy atom. The second-order valence-electron chi connectivity index (χ2n) is 9.50. The van der Waals surface area contributed by atoms with Gasteiger partial charge in [0.1, 0.15) is 24.4 Å². The molecule has 0 spiro atoms. The lowest BCUT2D eigenvalue weighted by Crippen LogP contribution is -2.40. The van der Waals surface area contributed by atoms with Crippen LogP contribution in [0.1, 0.15) is 85.5 Å². The molecule has 1 saturated heterocycles. The van der Waals surface area contributed by atoms with Gasteiger partial charge in [-0.3, -0.25) is 14.4 Å². The molecule has 1 saturated carbocycles. The van der Waals surface area contributed by atoms with Gasteiger partial charge in [-0.2, -0.15) is 0 Å². The largest absolute Gasteiger partial charge is 0.462 e. The minimum absolute atomic E-state index is 0.0997. The first-order chi connectivity index (χ1) is 15.6. The lowest BCUT2D eigenvalue weighted by Gasteiger charge is -2.34. The fourth-order valence-electron chi connectivity index (χ4n) is 4.47. The summed E-state index contributed by atoms with van der Waals surface area (Å²) in [5.41, 5.74) is -0.264. The molecule has 1 heterocycles. The number of rotatable bonds is 10. The van der Waals surface area contributed by atoms with Crippen molar-refractivity contribution in [1.29, 1.82) is 0 Å². The summed E-state index contributed by atoms with van der Waals surface area (Å²) in [7, 11) is 0. The summed E-state index contributed by atoms with van der Waals surface area (Å²) in [6.07, 6.45) is 3.37. The number of hydrogen-bond donors (Lipinski definition) is 0. The predicted molar refractivity (Wildman–Crippen MR) is 120 cm³/mol. The van der Waals surface area contributed by atoms with Crippen LogP contribution in [0.15, 0.2) is 12.2 Å². The van der Waals surface area contributed by atoms with E-state index in [9.17, 15) is 19.2 Å². The lowest BCUT2D eigenvalue weighted by molar-refractivity contribution is -0.173. The Hall–Kier alpha value is -2.38. The molecular weight excluding hydrogens is 428 g/mol. The van der Waals surface area contributed by atoms with Gasteiger partial charge in [0.2, 0.25) is 0 Å². The zero-order valence-corrected chi connectivity index (χ0v) is 20.4. The minimum atomic E-state index is -0.767. The van der Waals surface area contributed by atoms with Crippen molar-refractivity contribution in [2.75, 3.05) is 6.61 Å². The molecule has 0 aromatic heterocycles. The van der Waals surface area contributed by atoms with Gasteiger partial charge < -0.3 is 18.9 Å². The van der Waals surface area contributed by atoms with Crippen LogP contribution in [0.25, 0.3) is 0 Å². The Kier molecular flexibility index (Phi) is 9.92. The first kappa shape index (κ1) is 26.9. The van der Waals surface area contributed by atoms with E-state index in [1.54, 1.807) is 0 Å². The van der Waals surface area contributed by atoms with Gasteiger partial charge in [-0.05, 0) is 44.9 Å². The van der Waals surface area contributed by atoms with Gasteiger partial charge in [-0.15, -0.1) is 0 Å². The van der Waals surface area contributed by atoms with E-state index in [0.717, 1.165) is 25.7 Å². The summed E-state index contributed by atoms with van der Waals surface area (Å²) in [5, 5.41) is 0. The van der Waals surface area contributed by atoms with E-state index in [-0.39, 0.29) is 37.4 Å². The normalized spacial score (nSPS) is 24.5. The number of esters is 4. The van der Waals surface area contributed by atoms with Crippen molar-refractivity contribution < 1.29 is 38.1 Å². The van der Waals surface area contributed by atoms with Crippen LogP contribution in [0.2, 0.25) is 0 Å². The quantitative estimate of drug-likeness (QED) is 0.270. The van der Waals surface area contributed by atoms with Crippen LogP contribution in [0, 0.1) is 11.8 Å². The number of carbonyl (C=O) groups is 4. The van der Waals surface area contributed by atoms with E-state index in [4.69, 9.17) is 18.9 Å². The SMILES string of the molecule is C=C(C)C(=O)OCCC(=O)OC1CC(C(=O)OC2(C(C)C)CCCC2)CC(=O)OC1CCC. The number of ether oxygens (including phenoxy) is 4. The number of carbonyl (C=O) groups excluding carboxylic acids is 4. The maximum absolute atomic E-state index is 13.1. The van der Waals surface area contributed by atoms with Crippen LogP contribution in [-0.4, -0.2) is 48.3 Å². The molecular formula is C25H38O8. The predicted octanol–water partition coefficient (Wildman–Crippen LogP) is 4.04. The topological polar surface area (TPSA) is 105 Å². The van der Waals surface area contributed by atoms with Crippen LogP contribution in [0.4, 0.5) is 0 Å². The molecule has 0 radical (unpaired) electrons. The van der Waals surface area contributed by atoms with Gasteiger partial charge in [0.05, 0.1) is 18.8 Å². The van der Waals surface area contributed by atoms with E-state index >= 15 is 0 Å². The van der Waals surface area contributed by atoms with Gasteiger partial charge in [0, 0.05) is 12.0 Å². The lowest BCUT2D eigenvalue weighted by atomic mass is 9.87. The molecule has 33 heavy (non-hydrogen) atoms. The van der Waals surface area contributed by atoms with Crippen molar-refractivity contribution >= 4 is 23.9 Å². The second kappa shape index (κ2) is 12.2. The third-order valence-corrected chi connectivity index (χ3v) is 6.51. The van der Waals surface area contributed by atoms with Gasteiger partial charge in [0.15, 0.2) is 0 Å². The molecule has 1 aliphatic heterocycles. The van der Waals surface area contributed by atoms with Gasteiger partial charge >= 0.3 is 23.9 Å². The molecule has 186 valence electrons. The smallest absolute Gasteiger partial charge is 0.333 e. The van der Waals surface area contributed by atoms with Crippen LogP contribution < -0.4 is 0 Å². The number of cyclic esters (lactones) is 1.